The van der Waals surface area contributed by atoms with E-state index in [1.165, 1.54) is 12.3 Å². The molecule has 0 spiro atoms. The smallest absolute Gasteiger partial charge is 0.326 e. The van der Waals surface area contributed by atoms with Gasteiger partial charge in [-0.1, -0.05) is 13.8 Å². The number of carbonyl (C=O) groups is 1. The lowest BCUT2D eigenvalue weighted by Crippen LogP contribution is -2.31. The number of carboxylic acid groups (broad SMARTS) is 1. The molecule has 0 unspecified atom stereocenters. The Balaban J connectivity index is 2.96. The van der Waals surface area contributed by atoms with Crippen LogP contribution in [-0.4, -0.2) is 35.3 Å². The molecule has 0 saturated heterocycles. The molecule has 2 N–H and O–H groups in total. The maximum absolute atomic E-state index is 12.3. The molecule has 0 radical (unpaired) electrons. The molecule has 7 heteroatoms. The predicted octanol–water partition coefficient (Wildman–Crippen LogP) is 2.57. The molecule has 1 heterocycles. The third-order valence-corrected chi connectivity index (χ3v) is 5.57. The van der Waals surface area contributed by atoms with E-state index >= 15 is 0 Å². The van der Waals surface area contributed by atoms with Gasteiger partial charge in [0.05, 0.1) is 16.6 Å². The maximum Gasteiger partial charge on any atom is 0.326 e. The second-order valence-corrected chi connectivity index (χ2v) is 9.32. The fourth-order valence-corrected chi connectivity index (χ4v) is 2.90. The molecular weight excluding hydrogens is 304 g/mol. The number of carboxylic acids is 1. The number of rotatable bonds is 6. The Morgan fingerprint density at radius 2 is 1.91 bits per heavy atom. The van der Waals surface area contributed by atoms with Gasteiger partial charge in [0.2, 0.25) is 0 Å². The first-order chi connectivity index (χ1) is 9.95. The van der Waals surface area contributed by atoms with Crippen molar-refractivity contribution >= 4 is 21.5 Å². The molecule has 0 aliphatic heterocycles. The van der Waals surface area contributed by atoms with Gasteiger partial charge in [-0.05, 0) is 45.2 Å². The van der Waals surface area contributed by atoms with Gasteiger partial charge in [0.15, 0.2) is 14.9 Å². The normalized spacial score (nSPS) is 13.9. The van der Waals surface area contributed by atoms with E-state index in [0.29, 0.717) is 12.1 Å². The van der Waals surface area contributed by atoms with Crippen LogP contribution in [0.4, 0.5) is 5.69 Å². The van der Waals surface area contributed by atoms with Gasteiger partial charge in [-0.25, -0.2) is 18.2 Å². The maximum atomic E-state index is 12.3. The van der Waals surface area contributed by atoms with Crippen molar-refractivity contribution in [3.8, 4) is 0 Å². The summed E-state index contributed by atoms with van der Waals surface area (Å²) in [5.74, 6) is -0.720. The Bertz CT molecular complexity index is 616. The molecule has 22 heavy (non-hydrogen) atoms. The number of sulfone groups is 1. The first-order valence-corrected chi connectivity index (χ1v) is 8.63. The number of hydrogen-bond donors (Lipinski definition) is 2. The summed E-state index contributed by atoms with van der Waals surface area (Å²) >= 11 is 0. The van der Waals surface area contributed by atoms with Crippen LogP contribution in [0.5, 0.6) is 0 Å². The average molecular weight is 328 g/mol. The van der Waals surface area contributed by atoms with Gasteiger partial charge in [-0.2, -0.15) is 0 Å². The van der Waals surface area contributed by atoms with E-state index in [2.05, 4.69) is 10.3 Å². The van der Waals surface area contributed by atoms with Crippen LogP contribution in [0.1, 0.15) is 41.0 Å². The van der Waals surface area contributed by atoms with Gasteiger partial charge in [-0.3, -0.25) is 0 Å². The van der Waals surface area contributed by atoms with Crippen molar-refractivity contribution in [2.75, 3.05) is 5.32 Å². The van der Waals surface area contributed by atoms with Gasteiger partial charge in [0.25, 0.3) is 0 Å². The third-order valence-electron chi connectivity index (χ3n) is 3.16. The van der Waals surface area contributed by atoms with E-state index in [1.54, 1.807) is 26.8 Å². The Hall–Kier alpha value is -1.63. The van der Waals surface area contributed by atoms with Crippen LogP contribution in [-0.2, 0) is 14.6 Å². The Labute approximate surface area is 131 Å². The Morgan fingerprint density at radius 1 is 1.32 bits per heavy atom. The topological polar surface area (TPSA) is 96.4 Å². The summed E-state index contributed by atoms with van der Waals surface area (Å²) in [7, 11) is -3.51. The first kappa shape index (κ1) is 18.4. The van der Waals surface area contributed by atoms with E-state index < -0.39 is 26.6 Å². The molecule has 1 atom stereocenters. The molecule has 0 aliphatic carbocycles. The summed E-state index contributed by atoms with van der Waals surface area (Å²) in [5, 5.41) is 12.1. The molecule has 0 aromatic carbocycles. The molecule has 1 aromatic rings. The highest BCUT2D eigenvalue weighted by molar-refractivity contribution is 7.92. The molecule has 1 rings (SSSR count). The zero-order chi connectivity index (χ0) is 17.1. The van der Waals surface area contributed by atoms with Gasteiger partial charge in [0.1, 0.15) is 6.04 Å². The minimum Gasteiger partial charge on any atom is -0.480 e. The molecule has 0 bridgehead atoms. The van der Waals surface area contributed by atoms with Crippen LogP contribution in [0.2, 0.25) is 0 Å². The summed E-state index contributed by atoms with van der Waals surface area (Å²) in [6, 6.07) is 2.21. The summed E-state index contributed by atoms with van der Waals surface area (Å²) in [6.45, 7) is 8.71. The zero-order valence-corrected chi connectivity index (χ0v) is 14.4. The van der Waals surface area contributed by atoms with E-state index in [9.17, 15) is 18.3 Å². The van der Waals surface area contributed by atoms with Gasteiger partial charge in [0, 0.05) is 0 Å². The number of anilines is 1. The van der Waals surface area contributed by atoms with Gasteiger partial charge < -0.3 is 10.4 Å². The lowest BCUT2D eigenvalue weighted by atomic mass is 10.0. The number of pyridine rings is 1. The summed E-state index contributed by atoms with van der Waals surface area (Å²) in [4.78, 5) is 15.2. The number of nitrogens with one attached hydrogen (secondary N) is 1. The van der Waals surface area contributed by atoms with Gasteiger partial charge >= 0.3 is 5.97 Å². The minimum atomic E-state index is -3.51. The molecular formula is C15H24N2O4S. The molecule has 0 fully saturated rings. The highest BCUT2D eigenvalue weighted by Crippen LogP contribution is 2.24. The number of aliphatic carboxylic acids is 1. The molecule has 0 amide bonds. The van der Waals surface area contributed by atoms with Crippen molar-refractivity contribution < 1.29 is 18.3 Å². The first-order valence-electron chi connectivity index (χ1n) is 7.15. The van der Waals surface area contributed by atoms with Crippen molar-refractivity contribution in [2.24, 2.45) is 5.92 Å². The average Bonchev–Trinajstić information content (AvgIpc) is 2.36. The van der Waals surface area contributed by atoms with Crippen LogP contribution >= 0.6 is 0 Å². The second kappa shape index (κ2) is 6.64. The predicted molar refractivity (Wildman–Crippen MR) is 85.7 cm³/mol. The quantitative estimate of drug-likeness (QED) is 0.833. The lowest BCUT2D eigenvalue weighted by molar-refractivity contribution is -0.138. The molecule has 1 aromatic heterocycles. The van der Waals surface area contributed by atoms with Crippen molar-refractivity contribution in [2.45, 2.75) is 56.9 Å². The summed E-state index contributed by atoms with van der Waals surface area (Å²) in [5.41, 5.74) is 0.487. The zero-order valence-electron chi connectivity index (χ0n) is 13.6. The van der Waals surface area contributed by atoms with Crippen molar-refractivity contribution in [1.29, 1.82) is 0 Å². The van der Waals surface area contributed by atoms with E-state index in [4.69, 9.17) is 0 Å². The number of aromatic nitrogens is 1. The summed E-state index contributed by atoms with van der Waals surface area (Å²) < 4.78 is 23.6. The molecule has 124 valence electrons. The lowest BCUT2D eigenvalue weighted by Gasteiger charge is -2.20. The molecule has 0 aliphatic rings. The van der Waals surface area contributed by atoms with Crippen LogP contribution in [0.25, 0.3) is 0 Å². The fraction of sp³-hybridized carbons (Fsp3) is 0.600. The van der Waals surface area contributed by atoms with Crippen LogP contribution < -0.4 is 5.32 Å². The van der Waals surface area contributed by atoms with Gasteiger partial charge in [-0.15, -0.1) is 0 Å². The highest BCUT2D eigenvalue weighted by Gasteiger charge is 2.32. The minimum absolute atomic E-state index is 0.0127. The fourth-order valence-electron chi connectivity index (χ4n) is 1.83. The highest BCUT2D eigenvalue weighted by atomic mass is 32.2. The SMILES string of the molecule is CC(C)C[C@@H](Nc1ccc(S(=O)(=O)C(C)(C)C)nc1)C(=O)O. The van der Waals surface area contributed by atoms with E-state index in [-0.39, 0.29) is 10.9 Å². The summed E-state index contributed by atoms with van der Waals surface area (Å²) in [6.07, 6.45) is 1.83. The van der Waals surface area contributed by atoms with Crippen LogP contribution in [0.3, 0.4) is 0 Å². The number of nitrogens with zero attached hydrogens (tertiary/aromatic N) is 1. The third kappa shape index (κ3) is 4.43. The van der Waals surface area contributed by atoms with Crippen molar-refractivity contribution in [3.63, 3.8) is 0 Å². The van der Waals surface area contributed by atoms with Crippen molar-refractivity contribution in [3.05, 3.63) is 18.3 Å². The van der Waals surface area contributed by atoms with Crippen LogP contribution in [0.15, 0.2) is 23.4 Å². The van der Waals surface area contributed by atoms with E-state index in [1.807, 2.05) is 13.8 Å². The number of hydrogen-bond acceptors (Lipinski definition) is 5. The standard InChI is InChI=1S/C15H24N2O4S/c1-10(2)8-12(14(18)19)17-11-6-7-13(16-9-11)22(20,21)15(3,4)5/h6-7,9-10,12,17H,8H2,1-5H3,(H,18,19)/t12-/m1/s1. The largest absolute Gasteiger partial charge is 0.480 e. The van der Waals surface area contributed by atoms with Crippen molar-refractivity contribution in [1.82, 2.24) is 4.98 Å². The molecule has 6 nitrogen and oxygen atoms in total. The Kier molecular flexibility index (Phi) is 5.56. The van der Waals surface area contributed by atoms with E-state index in [0.717, 1.165) is 0 Å². The Morgan fingerprint density at radius 3 is 2.27 bits per heavy atom. The monoisotopic (exact) mass is 328 g/mol. The van der Waals surface area contributed by atoms with Crippen LogP contribution in [0, 0.1) is 5.92 Å². The molecule has 0 saturated carbocycles. The second-order valence-electron chi connectivity index (χ2n) is 6.67.